The van der Waals surface area contributed by atoms with E-state index in [9.17, 15) is 4.79 Å². The third-order valence-electron chi connectivity index (χ3n) is 3.70. The molecule has 0 radical (unpaired) electrons. The van der Waals surface area contributed by atoms with E-state index in [1.165, 1.54) is 12.8 Å². The molecular formula is C16H25N3O. The quantitative estimate of drug-likeness (QED) is 0.865. The number of rotatable bonds is 5. The van der Waals surface area contributed by atoms with Crippen molar-refractivity contribution in [3.05, 3.63) is 29.8 Å². The molecule has 4 heteroatoms. The summed E-state index contributed by atoms with van der Waals surface area (Å²) in [7, 11) is 0. The number of hydrogen-bond acceptors (Lipinski definition) is 2. The lowest BCUT2D eigenvalue weighted by Gasteiger charge is -2.27. The van der Waals surface area contributed by atoms with Crippen LogP contribution in [0.5, 0.6) is 0 Å². The van der Waals surface area contributed by atoms with Crippen LogP contribution in [-0.4, -0.2) is 23.5 Å². The number of benzene rings is 1. The molecule has 1 aliphatic rings. The number of hydrogen-bond donors (Lipinski definition) is 2. The molecule has 1 atom stereocenters. The van der Waals surface area contributed by atoms with E-state index in [0.29, 0.717) is 5.92 Å². The summed E-state index contributed by atoms with van der Waals surface area (Å²) in [6, 6.07) is 7.91. The Morgan fingerprint density at radius 2 is 2.10 bits per heavy atom. The number of anilines is 1. The summed E-state index contributed by atoms with van der Waals surface area (Å²) >= 11 is 0. The molecule has 110 valence electrons. The number of nitrogens with one attached hydrogen (secondary N) is 1. The van der Waals surface area contributed by atoms with Crippen molar-refractivity contribution in [3.8, 4) is 0 Å². The Balaban J connectivity index is 2.03. The van der Waals surface area contributed by atoms with E-state index in [0.717, 1.165) is 17.8 Å². The van der Waals surface area contributed by atoms with E-state index in [4.69, 9.17) is 5.73 Å². The van der Waals surface area contributed by atoms with Gasteiger partial charge < -0.3 is 16.0 Å². The predicted molar refractivity (Wildman–Crippen MR) is 82.6 cm³/mol. The zero-order valence-electron chi connectivity index (χ0n) is 12.6. The molecule has 1 aromatic rings. The zero-order valence-corrected chi connectivity index (χ0v) is 12.6. The Bertz CT molecular complexity index is 467. The smallest absolute Gasteiger partial charge is 0.322 e. The first kappa shape index (κ1) is 14.9. The van der Waals surface area contributed by atoms with Crippen LogP contribution < -0.4 is 11.1 Å². The summed E-state index contributed by atoms with van der Waals surface area (Å²) in [4.78, 5) is 14.3. The number of carbonyl (C=O) groups is 1. The van der Waals surface area contributed by atoms with Gasteiger partial charge in [-0.1, -0.05) is 12.1 Å². The number of carbonyl (C=O) groups excluding carboxylic acids is 1. The van der Waals surface area contributed by atoms with E-state index in [-0.39, 0.29) is 18.1 Å². The SMILES string of the molecule is CC(N)c1cccc(NC(=O)N(CC2CC2)C(C)C)c1. The van der Waals surface area contributed by atoms with E-state index in [1.54, 1.807) is 0 Å². The Labute approximate surface area is 121 Å². The first-order chi connectivity index (χ1) is 9.47. The topological polar surface area (TPSA) is 58.4 Å². The number of urea groups is 1. The average molecular weight is 275 g/mol. The third-order valence-corrected chi connectivity index (χ3v) is 3.70. The number of amides is 2. The molecule has 3 N–H and O–H groups in total. The highest BCUT2D eigenvalue weighted by molar-refractivity contribution is 5.89. The second-order valence-corrected chi connectivity index (χ2v) is 6.03. The molecule has 0 spiro atoms. The molecule has 1 aromatic carbocycles. The van der Waals surface area contributed by atoms with Gasteiger partial charge in [-0.3, -0.25) is 0 Å². The highest BCUT2D eigenvalue weighted by atomic mass is 16.2. The fourth-order valence-electron chi connectivity index (χ4n) is 2.20. The van der Waals surface area contributed by atoms with Crippen LogP contribution in [0.3, 0.4) is 0 Å². The van der Waals surface area contributed by atoms with Crippen LogP contribution in [0.2, 0.25) is 0 Å². The van der Waals surface area contributed by atoms with Crippen molar-refractivity contribution in [1.82, 2.24) is 4.90 Å². The van der Waals surface area contributed by atoms with Crippen LogP contribution in [0.15, 0.2) is 24.3 Å². The molecule has 0 heterocycles. The summed E-state index contributed by atoms with van der Waals surface area (Å²) in [5.41, 5.74) is 7.71. The van der Waals surface area contributed by atoms with Crippen molar-refractivity contribution in [2.75, 3.05) is 11.9 Å². The second-order valence-electron chi connectivity index (χ2n) is 6.03. The molecule has 2 rings (SSSR count). The van der Waals surface area contributed by atoms with Gasteiger partial charge in [-0.05, 0) is 57.2 Å². The van der Waals surface area contributed by atoms with Gasteiger partial charge in [0.2, 0.25) is 0 Å². The maximum atomic E-state index is 12.4. The standard InChI is InChI=1S/C16H25N3O/c1-11(2)19(10-13-7-8-13)16(20)18-15-6-4-5-14(9-15)12(3)17/h4-6,9,11-13H,7-8,10,17H2,1-3H3,(H,18,20). The zero-order chi connectivity index (χ0) is 14.7. The molecule has 0 aromatic heterocycles. The molecule has 1 unspecified atom stereocenters. The predicted octanol–water partition coefficient (Wildman–Crippen LogP) is 3.36. The van der Waals surface area contributed by atoms with Crippen LogP contribution in [0.25, 0.3) is 0 Å². The molecule has 1 saturated carbocycles. The van der Waals surface area contributed by atoms with E-state index in [2.05, 4.69) is 19.2 Å². The Morgan fingerprint density at radius 1 is 1.40 bits per heavy atom. The lowest BCUT2D eigenvalue weighted by atomic mass is 10.1. The molecule has 4 nitrogen and oxygen atoms in total. The van der Waals surface area contributed by atoms with E-state index >= 15 is 0 Å². The van der Waals surface area contributed by atoms with Gasteiger partial charge in [0.15, 0.2) is 0 Å². The van der Waals surface area contributed by atoms with Crippen molar-refractivity contribution in [2.24, 2.45) is 11.7 Å². The maximum Gasteiger partial charge on any atom is 0.322 e. The molecule has 0 saturated heterocycles. The summed E-state index contributed by atoms with van der Waals surface area (Å²) in [6.45, 7) is 6.91. The van der Waals surface area contributed by atoms with Gasteiger partial charge in [0.05, 0.1) is 0 Å². The van der Waals surface area contributed by atoms with Gasteiger partial charge in [-0.2, -0.15) is 0 Å². The van der Waals surface area contributed by atoms with Crippen LogP contribution in [-0.2, 0) is 0 Å². The fourth-order valence-corrected chi connectivity index (χ4v) is 2.20. The summed E-state index contributed by atoms with van der Waals surface area (Å²) in [5, 5.41) is 2.98. The number of nitrogens with zero attached hydrogens (tertiary/aromatic N) is 1. The molecule has 2 amide bonds. The molecule has 1 aliphatic carbocycles. The molecule has 0 aliphatic heterocycles. The fraction of sp³-hybridized carbons (Fsp3) is 0.562. The van der Waals surface area contributed by atoms with Gasteiger partial charge in [-0.15, -0.1) is 0 Å². The minimum atomic E-state index is -0.0282. The summed E-state index contributed by atoms with van der Waals surface area (Å²) in [5.74, 6) is 0.693. The Hall–Kier alpha value is -1.55. The average Bonchev–Trinajstić information content (AvgIpc) is 3.19. The molecule has 1 fully saturated rings. The summed E-state index contributed by atoms with van der Waals surface area (Å²) in [6.07, 6.45) is 2.49. The van der Waals surface area contributed by atoms with Crippen molar-refractivity contribution in [2.45, 2.75) is 45.7 Å². The van der Waals surface area contributed by atoms with Crippen LogP contribution >= 0.6 is 0 Å². The van der Waals surface area contributed by atoms with E-state index < -0.39 is 0 Å². The van der Waals surface area contributed by atoms with Crippen molar-refractivity contribution >= 4 is 11.7 Å². The van der Waals surface area contributed by atoms with E-state index in [1.807, 2.05) is 36.1 Å². The van der Waals surface area contributed by atoms with Crippen molar-refractivity contribution < 1.29 is 4.79 Å². The van der Waals surface area contributed by atoms with Crippen LogP contribution in [0.4, 0.5) is 10.5 Å². The van der Waals surface area contributed by atoms with Gasteiger partial charge >= 0.3 is 6.03 Å². The minimum absolute atomic E-state index is 0.0197. The molecular weight excluding hydrogens is 250 g/mol. The molecule has 0 bridgehead atoms. The van der Waals surface area contributed by atoms with Crippen molar-refractivity contribution in [1.29, 1.82) is 0 Å². The molecule has 20 heavy (non-hydrogen) atoms. The number of nitrogens with two attached hydrogens (primary N) is 1. The lowest BCUT2D eigenvalue weighted by Crippen LogP contribution is -2.41. The first-order valence-corrected chi connectivity index (χ1v) is 7.40. The third kappa shape index (κ3) is 3.97. The lowest BCUT2D eigenvalue weighted by molar-refractivity contribution is 0.194. The second kappa shape index (κ2) is 6.27. The normalized spacial score (nSPS) is 16.1. The van der Waals surface area contributed by atoms with Gasteiger partial charge in [-0.25, -0.2) is 4.79 Å². The highest BCUT2D eigenvalue weighted by Gasteiger charge is 2.28. The van der Waals surface area contributed by atoms with Crippen LogP contribution in [0.1, 0.15) is 45.2 Å². The van der Waals surface area contributed by atoms with Crippen molar-refractivity contribution in [3.63, 3.8) is 0 Å². The van der Waals surface area contributed by atoms with Crippen LogP contribution in [0, 0.1) is 5.92 Å². The maximum absolute atomic E-state index is 12.4. The largest absolute Gasteiger partial charge is 0.324 e. The van der Waals surface area contributed by atoms with Gasteiger partial charge in [0.25, 0.3) is 0 Å². The van der Waals surface area contributed by atoms with Gasteiger partial charge in [0.1, 0.15) is 0 Å². The summed E-state index contributed by atoms with van der Waals surface area (Å²) < 4.78 is 0. The first-order valence-electron chi connectivity index (χ1n) is 7.40. The monoisotopic (exact) mass is 275 g/mol. The van der Waals surface area contributed by atoms with Gasteiger partial charge in [0, 0.05) is 24.3 Å². The Kier molecular flexibility index (Phi) is 4.65. The highest BCUT2D eigenvalue weighted by Crippen LogP contribution is 2.30. The Morgan fingerprint density at radius 3 is 2.65 bits per heavy atom. The minimum Gasteiger partial charge on any atom is -0.324 e.